The molecule has 0 amide bonds. The van der Waals surface area contributed by atoms with E-state index in [1.54, 1.807) is 0 Å². The fourth-order valence-corrected chi connectivity index (χ4v) is 1.98. The average molecular weight is 182 g/mol. The predicted molar refractivity (Wildman–Crippen MR) is 62.8 cm³/mol. The van der Waals surface area contributed by atoms with E-state index in [1.807, 2.05) is 0 Å². The molecule has 2 N–H and O–H groups in total. The normalized spacial score (nSPS) is 13.6. The minimum Gasteiger partial charge on any atom is -0.408 e. The Morgan fingerprint density at radius 2 is 1.43 bits per heavy atom. The van der Waals surface area contributed by atoms with Crippen molar-refractivity contribution in [1.82, 2.24) is 0 Å². The molecule has 0 aliphatic carbocycles. The molecule has 0 unspecified atom stereocenters. The lowest BCUT2D eigenvalue weighted by Crippen LogP contribution is -2.22. The van der Waals surface area contributed by atoms with E-state index in [4.69, 9.17) is 0 Å². The summed E-state index contributed by atoms with van der Waals surface area (Å²) in [7, 11) is 0. The second kappa shape index (κ2) is 2.67. The van der Waals surface area contributed by atoms with Gasteiger partial charge in [0.2, 0.25) is 0 Å². The molecule has 68 valence electrons. The third-order valence-electron chi connectivity index (χ3n) is 2.63. The highest BCUT2D eigenvalue weighted by Crippen LogP contribution is 2.32. The fraction of sp³-hybridized carbons (Fsp3) is 0.0909. The second-order valence-electron chi connectivity index (χ2n) is 3.76. The van der Waals surface area contributed by atoms with Crippen LogP contribution in [0.25, 0.3) is 10.8 Å². The third kappa shape index (κ3) is 1.05. The summed E-state index contributed by atoms with van der Waals surface area (Å²) in [6, 6.07) is 12.8. The maximum Gasteiger partial charge on any atom is 0.366 e. The first-order valence-electron chi connectivity index (χ1n) is 4.89. The minimum absolute atomic E-state index is 0.335. The van der Waals surface area contributed by atoms with Gasteiger partial charge in [-0.25, -0.2) is 0 Å². The van der Waals surface area contributed by atoms with Crippen molar-refractivity contribution < 1.29 is 0 Å². The molecule has 2 aromatic carbocycles. The van der Waals surface area contributed by atoms with Crippen molar-refractivity contribution >= 4 is 29.1 Å². The molecular weight excluding hydrogens is 171 g/mol. The summed E-state index contributed by atoms with van der Waals surface area (Å²) in [6.07, 6.45) is 0. The first kappa shape index (κ1) is 7.74. The summed E-state index contributed by atoms with van der Waals surface area (Å²) in [5.74, 6) is 0. The fourth-order valence-electron chi connectivity index (χ4n) is 1.98. The minimum atomic E-state index is 0.335. The molecular formula is C11H11BN2. The molecule has 0 aromatic heterocycles. The molecule has 1 aliphatic heterocycles. The molecule has 3 heteroatoms. The van der Waals surface area contributed by atoms with Gasteiger partial charge >= 0.3 is 6.98 Å². The number of hydrogen-bond donors (Lipinski definition) is 2. The molecule has 3 rings (SSSR count). The van der Waals surface area contributed by atoms with Crippen molar-refractivity contribution in [1.29, 1.82) is 0 Å². The number of benzene rings is 2. The molecule has 0 atom stereocenters. The van der Waals surface area contributed by atoms with Gasteiger partial charge in [0.1, 0.15) is 0 Å². The van der Waals surface area contributed by atoms with Crippen molar-refractivity contribution in [2.45, 2.75) is 6.82 Å². The number of hydrogen-bond acceptors (Lipinski definition) is 2. The average Bonchev–Trinajstić information content (AvgIpc) is 2.53. The van der Waals surface area contributed by atoms with Gasteiger partial charge in [-0.15, -0.1) is 0 Å². The highest BCUT2D eigenvalue weighted by Gasteiger charge is 2.19. The molecule has 1 heterocycles. The van der Waals surface area contributed by atoms with Crippen molar-refractivity contribution in [3.05, 3.63) is 36.4 Å². The summed E-state index contributed by atoms with van der Waals surface area (Å²) >= 11 is 0. The summed E-state index contributed by atoms with van der Waals surface area (Å²) in [4.78, 5) is 0. The van der Waals surface area contributed by atoms with E-state index < -0.39 is 0 Å². The van der Waals surface area contributed by atoms with Crippen LogP contribution in [0.15, 0.2) is 36.4 Å². The zero-order valence-electron chi connectivity index (χ0n) is 8.04. The Morgan fingerprint density at radius 1 is 0.929 bits per heavy atom. The van der Waals surface area contributed by atoms with Crippen LogP contribution in [0.3, 0.4) is 0 Å². The van der Waals surface area contributed by atoms with Crippen LogP contribution >= 0.6 is 0 Å². The van der Waals surface area contributed by atoms with Crippen molar-refractivity contribution in [2.24, 2.45) is 0 Å². The van der Waals surface area contributed by atoms with Gasteiger partial charge in [0.05, 0.1) is 0 Å². The van der Waals surface area contributed by atoms with E-state index in [1.165, 1.54) is 22.1 Å². The Labute approximate surface area is 83.4 Å². The predicted octanol–water partition coefficient (Wildman–Crippen LogP) is 2.80. The Morgan fingerprint density at radius 3 is 1.93 bits per heavy atom. The Kier molecular flexibility index (Phi) is 1.48. The summed E-state index contributed by atoms with van der Waals surface area (Å²) in [5.41, 5.74) is 2.41. The summed E-state index contributed by atoms with van der Waals surface area (Å²) in [6.45, 7) is 2.45. The Hall–Kier alpha value is -1.64. The van der Waals surface area contributed by atoms with Crippen LogP contribution < -0.4 is 10.5 Å². The molecule has 0 bridgehead atoms. The molecule has 0 saturated carbocycles. The van der Waals surface area contributed by atoms with Crippen molar-refractivity contribution in [3.63, 3.8) is 0 Å². The largest absolute Gasteiger partial charge is 0.408 e. The van der Waals surface area contributed by atoms with E-state index in [2.05, 4.69) is 53.7 Å². The highest BCUT2D eigenvalue weighted by atomic mass is 15.0. The maximum atomic E-state index is 3.38. The standard InChI is InChI=1S/C11H11BN2/c1-12-13-10-6-8-4-2-3-5-9(8)7-11(10)14-12/h2-7,13-14H,1H3. The highest BCUT2D eigenvalue weighted by molar-refractivity contribution is 6.67. The smallest absolute Gasteiger partial charge is 0.366 e. The SMILES string of the molecule is CB1Nc2cc3ccccc3cc2N1. The monoisotopic (exact) mass is 182 g/mol. The zero-order valence-corrected chi connectivity index (χ0v) is 8.04. The van der Waals surface area contributed by atoms with Gasteiger partial charge in [-0.3, -0.25) is 0 Å². The van der Waals surface area contributed by atoms with Crippen LogP contribution in [0.1, 0.15) is 0 Å². The van der Waals surface area contributed by atoms with E-state index in [9.17, 15) is 0 Å². The number of anilines is 2. The molecule has 0 radical (unpaired) electrons. The Bertz CT molecular complexity index is 451. The first-order valence-corrected chi connectivity index (χ1v) is 4.89. The molecule has 14 heavy (non-hydrogen) atoms. The van der Waals surface area contributed by atoms with Gasteiger partial charge in [0, 0.05) is 11.4 Å². The molecule has 2 nitrogen and oxygen atoms in total. The maximum absolute atomic E-state index is 3.38. The van der Waals surface area contributed by atoms with Gasteiger partial charge in [0.25, 0.3) is 0 Å². The lowest BCUT2D eigenvalue weighted by Gasteiger charge is -2.02. The van der Waals surface area contributed by atoms with Gasteiger partial charge in [0.15, 0.2) is 0 Å². The number of rotatable bonds is 0. The quantitative estimate of drug-likeness (QED) is 0.612. The number of nitrogens with one attached hydrogen (secondary N) is 2. The van der Waals surface area contributed by atoms with Crippen LogP contribution in [-0.4, -0.2) is 6.98 Å². The molecule has 2 aromatic rings. The Balaban J connectivity index is 2.27. The lowest BCUT2D eigenvalue weighted by molar-refractivity contribution is 1.73. The topological polar surface area (TPSA) is 24.1 Å². The van der Waals surface area contributed by atoms with E-state index in [-0.39, 0.29) is 0 Å². The third-order valence-corrected chi connectivity index (χ3v) is 2.63. The first-order chi connectivity index (χ1) is 6.83. The molecule has 0 saturated heterocycles. The van der Waals surface area contributed by atoms with E-state index >= 15 is 0 Å². The van der Waals surface area contributed by atoms with Gasteiger partial charge in [-0.2, -0.15) is 0 Å². The second-order valence-corrected chi connectivity index (χ2v) is 3.76. The summed E-state index contributed by atoms with van der Waals surface area (Å²) in [5, 5.41) is 9.33. The lowest BCUT2D eigenvalue weighted by atomic mass is 9.83. The zero-order chi connectivity index (χ0) is 9.54. The van der Waals surface area contributed by atoms with Crippen LogP contribution in [-0.2, 0) is 0 Å². The molecule has 1 aliphatic rings. The summed E-state index contributed by atoms with van der Waals surface area (Å²) < 4.78 is 0. The van der Waals surface area contributed by atoms with Crippen LogP contribution in [0.5, 0.6) is 0 Å². The van der Waals surface area contributed by atoms with Crippen molar-refractivity contribution in [2.75, 3.05) is 10.5 Å². The van der Waals surface area contributed by atoms with Crippen LogP contribution in [0, 0.1) is 0 Å². The number of fused-ring (bicyclic) bond motifs is 2. The van der Waals surface area contributed by atoms with Crippen LogP contribution in [0.2, 0.25) is 6.82 Å². The van der Waals surface area contributed by atoms with Crippen molar-refractivity contribution in [3.8, 4) is 0 Å². The van der Waals surface area contributed by atoms with Gasteiger partial charge < -0.3 is 10.5 Å². The van der Waals surface area contributed by atoms with Crippen LogP contribution in [0.4, 0.5) is 11.4 Å². The molecule has 0 fully saturated rings. The van der Waals surface area contributed by atoms with Gasteiger partial charge in [-0.05, 0) is 29.7 Å². The van der Waals surface area contributed by atoms with E-state index in [0.29, 0.717) is 6.98 Å². The van der Waals surface area contributed by atoms with Gasteiger partial charge in [-0.1, -0.05) is 24.3 Å². The molecule has 0 spiro atoms. The van der Waals surface area contributed by atoms with E-state index in [0.717, 1.165) is 0 Å².